The molecule has 0 amide bonds. The lowest BCUT2D eigenvalue weighted by Crippen LogP contribution is -2.27. The van der Waals surface area contributed by atoms with E-state index in [1.807, 2.05) is 11.3 Å². The maximum Gasteiger partial charge on any atom is 0.0208 e. The summed E-state index contributed by atoms with van der Waals surface area (Å²) in [6, 6.07) is 13.5. The van der Waals surface area contributed by atoms with E-state index in [0.717, 1.165) is 13.0 Å². The lowest BCUT2D eigenvalue weighted by molar-refractivity contribution is 0.548. The number of hydrogen-bond donors (Lipinski definition) is 1. The second kappa shape index (κ2) is 5.99. The minimum Gasteiger partial charge on any atom is -0.310 e. The quantitative estimate of drug-likeness (QED) is 0.845. The van der Waals surface area contributed by atoms with E-state index in [9.17, 15) is 0 Å². The number of thiophene rings is 1. The second-order valence-corrected chi connectivity index (χ2v) is 5.59. The van der Waals surface area contributed by atoms with Crippen LogP contribution in [0.3, 0.4) is 0 Å². The molecule has 90 valence electrons. The summed E-state index contributed by atoms with van der Waals surface area (Å²) >= 11 is 1.84. The highest BCUT2D eigenvalue weighted by molar-refractivity contribution is 7.09. The van der Waals surface area contributed by atoms with Crippen LogP contribution in [0.15, 0.2) is 41.8 Å². The van der Waals surface area contributed by atoms with Gasteiger partial charge >= 0.3 is 0 Å². The van der Waals surface area contributed by atoms with E-state index in [-0.39, 0.29) is 0 Å². The fourth-order valence-corrected chi connectivity index (χ4v) is 2.75. The zero-order valence-corrected chi connectivity index (χ0v) is 11.3. The third-order valence-corrected chi connectivity index (χ3v) is 3.72. The zero-order valence-electron chi connectivity index (χ0n) is 10.4. The smallest absolute Gasteiger partial charge is 0.0208 e. The van der Waals surface area contributed by atoms with E-state index >= 15 is 0 Å². The first kappa shape index (κ1) is 12.3. The molecule has 0 aliphatic carbocycles. The van der Waals surface area contributed by atoms with Crippen LogP contribution in [0.1, 0.15) is 22.9 Å². The molecule has 1 aromatic heterocycles. The Labute approximate surface area is 108 Å². The van der Waals surface area contributed by atoms with Crippen molar-refractivity contribution in [3.05, 3.63) is 57.8 Å². The summed E-state index contributed by atoms with van der Waals surface area (Å²) in [6.45, 7) is 5.34. The van der Waals surface area contributed by atoms with Crippen molar-refractivity contribution in [3.8, 4) is 0 Å². The molecule has 0 radical (unpaired) electrons. The SMILES string of the molecule is Cc1cccc(CNC(C)Cc2cccs2)c1. The summed E-state index contributed by atoms with van der Waals surface area (Å²) in [4.78, 5) is 1.45. The Hall–Kier alpha value is -1.12. The first-order valence-corrected chi connectivity index (χ1v) is 6.93. The minimum atomic E-state index is 0.522. The van der Waals surface area contributed by atoms with Crippen molar-refractivity contribution in [2.45, 2.75) is 32.9 Å². The summed E-state index contributed by atoms with van der Waals surface area (Å²) in [5, 5.41) is 5.71. The Morgan fingerprint density at radius 3 is 2.82 bits per heavy atom. The highest BCUT2D eigenvalue weighted by Crippen LogP contribution is 2.11. The summed E-state index contributed by atoms with van der Waals surface area (Å²) in [6.07, 6.45) is 1.11. The Morgan fingerprint density at radius 1 is 1.24 bits per heavy atom. The van der Waals surface area contributed by atoms with Gasteiger partial charge in [-0.05, 0) is 37.3 Å². The molecule has 2 heteroatoms. The number of hydrogen-bond acceptors (Lipinski definition) is 2. The largest absolute Gasteiger partial charge is 0.310 e. The average molecular weight is 245 g/mol. The fraction of sp³-hybridized carbons (Fsp3) is 0.333. The van der Waals surface area contributed by atoms with Gasteiger partial charge in [0.05, 0.1) is 0 Å². The number of aryl methyl sites for hydroxylation is 1. The van der Waals surface area contributed by atoms with E-state index in [0.29, 0.717) is 6.04 Å². The van der Waals surface area contributed by atoms with Crippen LogP contribution < -0.4 is 5.32 Å². The van der Waals surface area contributed by atoms with Crippen LogP contribution in [-0.4, -0.2) is 6.04 Å². The third-order valence-electron chi connectivity index (χ3n) is 2.82. The summed E-state index contributed by atoms with van der Waals surface area (Å²) < 4.78 is 0. The molecule has 1 unspecified atom stereocenters. The third kappa shape index (κ3) is 3.99. The molecule has 17 heavy (non-hydrogen) atoms. The monoisotopic (exact) mass is 245 g/mol. The standard InChI is InChI=1S/C15H19NS/c1-12-5-3-6-14(9-12)11-16-13(2)10-15-7-4-8-17-15/h3-9,13,16H,10-11H2,1-2H3. The molecule has 1 N–H and O–H groups in total. The normalized spacial score (nSPS) is 12.6. The molecule has 0 saturated carbocycles. The molecular formula is C15H19NS. The van der Waals surface area contributed by atoms with Crippen LogP contribution >= 0.6 is 11.3 Å². The van der Waals surface area contributed by atoms with Crippen molar-refractivity contribution in [1.29, 1.82) is 0 Å². The van der Waals surface area contributed by atoms with Crippen LogP contribution in [0.2, 0.25) is 0 Å². The number of nitrogens with one attached hydrogen (secondary N) is 1. The Kier molecular flexibility index (Phi) is 4.35. The van der Waals surface area contributed by atoms with Gasteiger partial charge < -0.3 is 5.32 Å². The molecular weight excluding hydrogens is 226 g/mol. The van der Waals surface area contributed by atoms with Crippen molar-refractivity contribution in [1.82, 2.24) is 5.32 Å². The van der Waals surface area contributed by atoms with E-state index < -0.39 is 0 Å². The van der Waals surface area contributed by atoms with E-state index in [2.05, 4.69) is 60.9 Å². The van der Waals surface area contributed by atoms with Crippen LogP contribution in [-0.2, 0) is 13.0 Å². The predicted molar refractivity (Wildman–Crippen MR) is 75.5 cm³/mol. The average Bonchev–Trinajstić information content (AvgIpc) is 2.79. The summed E-state index contributed by atoms with van der Waals surface area (Å²) in [5.74, 6) is 0. The highest BCUT2D eigenvalue weighted by atomic mass is 32.1. The topological polar surface area (TPSA) is 12.0 Å². The van der Waals surface area contributed by atoms with Crippen LogP contribution in [0.5, 0.6) is 0 Å². The summed E-state index contributed by atoms with van der Waals surface area (Å²) in [5.41, 5.74) is 2.69. The first-order valence-electron chi connectivity index (χ1n) is 6.05. The molecule has 0 fully saturated rings. The Morgan fingerprint density at radius 2 is 2.12 bits per heavy atom. The molecule has 0 aliphatic heterocycles. The lowest BCUT2D eigenvalue weighted by Gasteiger charge is -2.13. The Balaban J connectivity index is 1.82. The number of rotatable bonds is 5. The van der Waals surface area contributed by atoms with Gasteiger partial charge in [-0.1, -0.05) is 35.9 Å². The van der Waals surface area contributed by atoms with Gasteiger partial charge in [0.25, 0.3) is 0 Å². The molecule has 0 spiro atoms. The maximum atomic E-state index is 3.57. The predicted octanol–water partition coefficient (Wildman–Crippen LogP) is 3.78. The number of benzene rings is 1. The minimum absolute atomic E-state index is 0.522. The van der Waals surface area contributed by atoms with Gasteiger partial charge in [0.1, 0.15) is 0 Å². The van der Waals surface area contributed by atoms with E-state index in [4.69, 9.17) is 0 Å². The molecule has 2 aromatic rings. The first-order chi connectivity index (χ1) is 8.24. The lowest BCUT2D eigenvalue weighted by atomic mass is 10.1. The van der Waals surface area contributed by atoms with E-state index in [1.54, 1.807) is 0 Å². The van der Waals surface area contributed by atoms with Crippen molar-refractivity contribution in [2.24, 2.45) is 0 Å². The van der Waals surface area contributed by atoms with Gasteiger partial charge in [0.15, 0.2) is 0 Å². The van der Waals surface area contributed by atoms with Crippen molar-refractivity contribution >= 4 is 11.3 Å². The fourth-order valence-electron chi connectivity index (χ4n) is 1.92. The molecule has 0 saturated heterocycles. The van der Waals surface area contributed by atoms with Gasteiger partial charge in [-0.15, -0.1) is 11.3 Å². The molecule has 1 aromatic carbocycles. The van der Waals surface area contributed by atoms with Crippen LogP contribution in [0, 0.1) is 6.92 Å². The van der Waals surface area contributed by atoms with Gasteiger partial charge in [0, 0.05) is 17.5 Å². The van der Waals surface area contributed by atoms with Crippen molar-refractivity contribution in [3.63, 3.8) is 0 Å². The molecule has 2 rings (SSSR count). The Bertz CT molecular complexity index is 448. The van der Waals surface area contributed by atoms with E-state index in [1.165, 1.54) is 16.0 Å². The maximum absolute atomic E-state index is 3.57. The van der Waals surface area contributed by atoms with Crippen LogP contribution in [0.25, 0.3) is 0 Å². The second-order valence-electron chi connectivity index (χ2n) is 4.55. The summed E-state index contributed by atoms with van der Waals surface area (Å²) in [7, 11) is 0. The zero-order chi connectivity index (χ0) is 12.1. The highest BCUT2D eigenvalue weighted by Gasteiger charge is 2.03. The molecule has 0 bridgehead atoms. The molecule has 1 nitrogen and oxygen atoms in total. The van der Waals surface area contributed by atoms with Crippen molar-refractivity contribution < 1.29 is 0 Å². The van der Waals surface area contributed by atoms with Crippen LogP contribution in [0.4, 0.5) is 0 Å². The van der Waals surface area contributed by atoms with Gasteiger partial charge in [-0.25, -0.2) is 0 Å². The molecule has 0 aliphatic rings. The molecule has 1 atom stereocenters. The van der Waals surface area contributed by atoms with Gasteiger partial charge in [-0.2, -0.15) is 0 Å². The van der Waals surface area contributed by atoms with Gasteiger partial charge in [0.2, 0.25) is 0 Å². The molecule has 1 heterocycles. The van der Waals surface area contributed by atoms with Crippen molar-refractivity contribution in [2.75, 3.05) is 0 Å². The van der Waals surface area contributed by atoms with Gasteiger partial charge in [-0.3, -0.25) is 0 Å².